The molecule has 184 valence electrons. The molecule has 2 unspecified atom stereocenters. The number of carbonyl (C=O) groups is 3. The number of aliphatic carboxylic acids is 1. The van der Waals surface area contributed by atoms with E-state index in [4.69, 9.17) is 16.3 Å². The van der Waals surface area contributed by atoms with E-state index >= 15 is 0 Å². The number of carboxylic acids is 1. The second kappa shape index (κ2) is 9.20. The van der Waals surface area contributed by atoms with Crippen LogP contribution in [0.1, 0.15) is 49.0 Å². The first-order chi connectivity index (χ1) is 16.5. The van der Waals surface area contributed by atoms with Crippen LogP contribution in [0.25, 0.3) is 11.0 Å². The molecule has 11 heteroatoms. The molecule has 0 saturated carbocycles. The van der Waals surface area contributed by atoms with Crippen LogP contribution in [0.15, 0.2) is 42.5 Å². The highest BCUT2D eigenvalue weighted by atomic mass is 35.5. The third-order valence-corrected chi connectivity index (χ3v) is 5.90. The number of H-pyrrole nitrogens is 1. The summed E-state index contributed by atoms with van der Waals surface area (Å²) in [6.45, 7) is 5.65. The van der Waals surface area contributed by atoms with Gasteiger partial charge in [0.25, 0.3) is 5.91 Å². The van der Waals surface area contributed by atoms with Gasteiger partial charge in [0, 0.05) is 16.5 Å². The number of anilines is 1. The average molecular weight is 500 g/mol. The normalized spacial score (nSPS) is 19.9. The summed E-state index contributed by atoms with van der Waals surface area (Å²) in [5.41, 5.74) is -0.380. The van der Waals surface area contributed by atoms with E-state index < -0.39 is 35.2 Å². The smallest absolute Gasteiger partial charge is 0.414 e. The Morgan fingerprint density at radius 2 is 1.89 bits per heavy atom. The predicted octanol–water partition coefficient (Wildman–Crippen LogP) is 3.85. The van der Waals surface area contributed by atoms with Gasteiger partial charge in [-0.05, 0) is 69.6 Å². The number of ether oxygens (including phenoxy) is 1. The van der Waals surface area contributed by atoms with E-state index in [1.54, 1.807) is 57.2 Å². The molecule has 35 heavy (non-hydrogen) atoms. The zero-order valence-electron chi connectivity index (χ0n) is 19.4. The molecule has 3 aromatic rings. The van der Waals surface area contributed by atoms with Crippen molar-refractivity contribution < 1.29 is 24.2 Å². The van der Waals surface area contributed by atoms with Crippen molar-refractivity contribution in [3.63, 3.8) is 0 Å². The van der Waals surface area contributed by atoms with Crippen LogP contribution < -0.4 is 16.0 Å². The lowest BCUT2D eigenvalue weighted by molar-refractivity contribution is -0.146. The maximum atomic E-state index is 13.2. The molecule has 1 aliphatic rings. The Kier molecular flexibility index (Phi) is 6.44. The Morgan fingerprint density at radius 1 is 1.17 bits per heavy atom. The molecule has 10 nitrogen and oxygen atoms in total. The predicted molar refractivity (Wildman–Crippen MR) is 131 cm³/mol. The first-order valence-electron chi connectivity index (χ1n) is 11.0. The van der Waals surface area contributed by atoms with Gasteiger partial charge in [-0.15, -0.1) is 0 Å². The number of fused-ring (bicyclic) bond motifs is 1. The highest BCUT2D eigenvalue weighted by Crippen LogP contribution is 2.35. The summed E-state index contributed by atoms with van der Waals surface area (Å²) in [4.78, 5) is 44.8. The maximum absolute atomic E-state index is 13.2. The van der Waals surface area contributed by atoms with Gasteiger partial charge in [-0.3, -0.25) is 15.4 Å². The average Bonchev–Trinajstić information content (AvgIpc) is 3.36. The van der Waals surface area contributed by atoms with Crippen molar-refractivity contribution in [2.75, 3.05) is 11.9 Å². The van der Waals surface area contributed by atoms with E-state index in [2.05, 4.69) is 25.9 Å². The molecule has 1 saturated heterocycles. The molecule has 1 fully saturated rings. The third kappa shape index (κ3) is 5.23. The fraction of sp³-hybridized carbons (Fsp3) is 0.333. The van der Waals surface area contributed by atoms with Crippen LogP contribution in [0, 0.1) is 0 Å². The van der Waals surface area contributed by atoms with Gasteiger partial charge in [0.2, 0.25) is 5.95 Å². The van der Waals surface area contributed by atoms with Gasteiger partial charge < -0.3 is 20.1 Å². The number of aromatic nitrogens is 2. The van der Waals surface area contributed by atoms with Crippen molar-refractivity contribution in [1.29, 1.82) is 0 Å². The monoisotopic (exact) mass is 499 g/mol. The standard InChI is InChI=1S/C24H26ClN5O5/c1-23(2,3)35-22(34)29-21-27-17-9-6-14(12-18(17)28-21)19(31)30-24(20(32)33)16(10-11-26-24)13-4-7-15(25)8-5-13/h4-9,12,16,26H,10-11H2,1-3H3,(H,30,31)(H,32,33)(H2,27,28,29,34). The Labute approximate surface area is 206 Å². The molecule has 5 N–H and O–H groups in total. The molecule has 0 bridgehead atoms. The van der Waals surface area contributed by atoms with E-state index in [0.29, 0.717) is 29.0 Å². The first kappa shape index (κ1) is 24.5. The molecular weight excluding hydrogens is 474 g/mol. The van der Waals surface area contributed by atoms with Crippen LogP contribution in [0.3, 0.4) is 0 Å². The van der Waals surface area contributed by atoms with Crippen LogP contribution >= 0.6 is 11.6 Å². The number of carboxylic acid groups (broad SMARTS) is 1. The van der Waals surface area contributed by atoms with Gasteiger partial charge in [0.15, 0.2) is 5.66 Å². The quantitative estimate of drug-likeness (QED) is 0.358. The molecule has 1 aliphatic heterocycles. The number of aromatic amines is 1. The van der Waals surface area contributed by atoms with Gasteiger partial charge in [-0.25, -0.2) is 14.6 Å². The molecular formula is C24H26ClN5O5. The molecule has 2 atom stereocenters. The van der Waals surface area contributed by atoms with Crippen molar-refractivity contribution in [3.8, 4) is 0 Å². The number of hydrogen-bond acceptors (Lipinski definition) is 6. The number of hydrogen-bond donors (Lipinski definition) is 5. The van der Waals surface area contributed by atoms with E-state index in [1.165, 1.54) is 6.07 Å². The molecule has 2 heterocycles. The maximum Gasteiger partial charge on any atom is 0.414 e. The summed E-state index contributed by atoms with van der Waals surface area (Å²) in [6.07, 6.45) is -0.148. The van der Waals surface area contributed by atoms with Crippen LogP contribution in [-0.4, -0.2) is 50.9 Å². The Bertz CT molecular complexity index is 1280. The van der Waals surface area contributed by atoms with Gasteiger partial charge in [0.05, 0.1) is 11.0 Å². The zero-order chi connectivity index (χ0) is 25.4. The summed E-state index contributed by atoms with van der Waals surface area (Å²) < 4.78 is 5.22. The SMILES string of the molecule is CC(C)(C)OC(=O)Nc1nc2cc(C(=O)NC3(C(=O)O)NCCC3c3ccc(Cl)cc3)ccc2[nH]1. The van der Waals surface area contributed by atoms with E-state index in [-0.39, 0.29) is 11.5 Å². The Morgan fingerprint density at radius 3 is 2.54 bits per heavy atom. The van der Waals surface area contributed by atoms with Crippen molar-refractivity contribution in [2.24, 2.45) is 0 Å². The number of rotatable bonds is 5. The second-order valence-electron chi connectivity index (χ2n) is 9.33. The molecule has 0 spiro atoms. The third-order valence-electron chi connectivity index (χ3n) is 5.64. The summed E-state index contributed by atoms with van der Waals surface area (Å²) >= 11 is 5.98. The number of nitrogens with one attached hydrogen (secondary N) is 4. The highest BCUT2D eigenvalue weighted by Gasteiger charge is 2.51. The zero-order valence-corrected chi connectivity index (χ0v) is 20.2. The van der Waals surface area contributed by atoms with Gasteiger partial charge in [0.1, 0.15) is 5.60 Å². The molecule has 0 aliphatic carbocycles. The highest BCUT2D eigenvalue weighted by molar-refractivity contribution is 6.30. The summed E-state index contributed by atoms with van der Waals surface area (Å²) in [5.74, 6) is -2.10. The number of carbonyl (C=O) groups excluding carboxylic acids is 2. The van der Waals surface area contributed by atoms with Crippen molar-refractivity contribution in [2.45, 2.75) is 44.4 Å². The van der Waals surface area contributed by atoms with Crippen molar-refractivity contribution >= 4 is 46.6 Å². The number of amides is 2. The molecule has 4 rings (SSSR count). The lowest BCUT2D eigenvalue weighted by Crippen LogP contribution is -2.63. The van der Waals surface area contributed by atoms with Gasteiger partial charge in [-0.2, -0.15) is 0 Å². The van der Waals surface area contributed by atoms with E-state index in [0.717, 1.165) is 5.56 Å². The van der Waals surface area contributed by atoms with Crippen LogP contribution in [0.4, 0.5) is 10.7 Å². The van der Waals surface area contributed by atoms with Crippen LogP contribution in [0.5, 0.6) is 0 Å². The number of halogens is 1. The largest absolute Gasteiger partial charge is 0.478 e. The van der Waals surface area contributed by atoms with E-state index in [1.807, 2.05) is 0 Å². The minimum Gasteiger partial charge on any atom is -0.478 e. The molecule has 2 aromatic carbocycles. The minimum atomic E-state index is -1.69. The first-order valence-corrected chi connectivity index (χ1v) is 11.4. The van der Waals surface area contributed by atoms with Crippen molar-refractivity contribution in [3.05, 3.63) is 58.6 Å². The summed E-state index contributed by atoms with van der Waals surface area (Å²) in [5, 5.41) is 18.8. The van der Waals surface area contributed by atoms with Crippen molar-refractivity contribution in [1.82, 2.24) is 20.6 Å². The molecule has 1 aromatic heterocycles. The fourth-order valence-electron chi connectivity index (χ4n) is 4.13. The van der Waals surface area contributed by atoms with Gasteiger partial charge in [-0.1, -0.05) is 23.7 Å². The minimum absolute atomic E-state index is 0.161. The Balaban J connectivity index is 1.56. The lowest BCUT2D eigenvalue weighted by Gasteiger charge is -2.32. The molecule has 0 radical (unpaired) electrons. The summed E-state index contributed by atoms with van der Waals surface area (Å²) in [7, 11) is 0. The van der Waals surface area contributed by atoms with Crippen LogP contribution in [-0.2, 0) is 9.53 Å². The Hall–Kier alpha value is -3.63. The second-order valence-corrected chi connectivity index (χ2v) is 9.77. The van der Waals surface area contributed by atoms with Gasteiger partial charge >= 0.3 is 12.1 Å². The topological polar surface area (TPSA) is 145 Å². The lowest BCUT2D eigenvalue weighted by atomic mass is 9.86. The number of nitrogens with zero attached hydrogens (tertiary/aromatic N) is 1. The van der Waals surface area contributed by atoms with E-state index in [9.17, 15) is 19.5 Å². The number of imidazole rings is 1. The van der Waals surface area contributed by atoms with Crippen LogP contribution in [0.2, 0.25) is 5.02 Å². The summed E-state index contributed by atoms with van der Waals surface area (Å²) in [6, 6.07) is 11.6. The molecule has 2 amide bonds. The fourth-order valence-corrected chi connectivity index (χ4v) is 4.26. The number of benzene rings is 2.